The Morgan fingerprint density at radius 3 is 1.80 bits per heavy atom. The van der Waals surface area contributed by atoms with E-state index in [4.69, 9.17) is 4.99 Å². The van der Waals surface area contributed by atoms with Gasteiger partial charge in [-0.25, -0.2) is 4.99 Å². The van der Waals surface area contributed by atoms with E-state index in [0.717, 1.165) is 28.1 Å². The Morgan fingerprint density at radius 1 is 0.475 bits per heavy atom. The van der Waals surface area contributed by atoms with Crippen LogP contribution in [0.3, 0.4) is 0 Å². The zero-order chi connectivity index (χ0) is 26.7. The second kappa shape index (κ2) is 10.6. The van der Waals surface area contributed by atoms with Crippen LogP contribution in [-0.4, -0.2) is 5.84 Å². The minimum absolute atomic E-state index is 0.120. The van der Waals surface area contributed by atoms with Crippen LogP contribution >= 0.6 is 0 Å². The molecule has 2 atom stereocenters. The summed E-state index contributed by atoms with van der Waals surface area (Å²) in [5.74, 6) is 0.889. The van der Waals surface area contributed by atoms with Crippen LogP contribution in [0.1, 0.15) is 29.0 Å². The van der Waals surface area contributed by atoms with Gasteiger partial charge in [-0.05, 0) is 44.2 Å². The van der Waals surface area contributed by atoms with Crippen LogP contribution in [0.4, 0.5) is 0 Å². The maximum absolute atomic E-state index is 5.29. The van der Waals surface area contributed by atoms with Crippen molar-refractivity contribution in [2.45, 2.75) is 12.3 Å². The second-order valence-corrected chi connectivity index (χ2v) is 10.1. The van der Waals surface area contributed by atoms with Gasteiger partial charge in [0.25, 0.3) is 0 Å². The number of nitrogens with zero attached hydrogens (tertiary/aromatic N) is 1. The molecule has 3 nitrogen and oxygen atoms in total. The van der Waals surface area contributed by atoms with Crippen LogP contribution in [0.5, 0.6) is 0 Å². The summed E-state index contributed by atoms with van der Waals surface area (Å²) >= 11 is 0. The first-order chi connectivity index (χ1) is 19.8. The summed E-state index contributed by atoms with van der Waals surface area (Å²) in [5, 5.41) is 9.92. The van der Waals surface area contributed by atoms with Gasteiger partial charge in [-0.3, -0.25) is 5.32 Å². The molecule has 6 aromatic rings. The molecule has 3 heteroatoms. The van der Waals surface area contributed by atoms with E-state index in [9.17, 15) is 0 Å². The second-order valence-electron chi connectivity index (χ2n) is 10.1. The predicted molar refractivity (Wildman–Crippen MR) is 166 cm³/mol. The SMILES string of the molecule is c1ccc(-c2ccc(C3NC(c4c(-c5ccccc5)ccc5ccccc45)=NC(c4ccccc4)N3)cc2)cc1. The molecule has 2 unspecified atom stereocenters. The normalized spacial score (nSPS) is 16.8. The Labute approximate surface area is 234 Å². The molecule has 0 saturated carbocycles. The van der Waals surface area contributed by atoms with Crippen molar-refractivity contribution < 1.29 is 0 Å². The van der Waals surface area contributed by atoms with Crippen molar-refractivity contribution in [2.24, 2.45) is 4.99 Å². The molecule has 0 bridgehead atoms. The quantitative estimate of drug-likeness (QED) is 0.241. The minimum atomic E-state index is -0.196. The van der Waals surface area contributed by atoms with E-state index < -0.39 is 0 Å². The monoisotopic (exact) mass is 515 g/mol. The summed E-state index contributed by atoms with van der Waals surface area (Å²) in [5.41, 5.74) is 8.17. The average Bonchev–Trinajstić information content (AvgIpc) is 3.05. The predicted octanol–water partition coefficient (Wildman–Crippen LogP) is 8.51. The first-order valence-electron chi connectivity index (χ1n) is 13.7. The van der Waals surface area contributed by atoms with Crippen LogP contribution < -0.4 is 10.6 Å². The van der Waals surface area contributed by atoms with Crippen LogP contribution in [-0.2, 0) is 0 Å². The highest BCUT2D eigenvalue weighted by molar-refractivity contribution is 6.15. The van der Waals surface area contributed by atoms with Gasteiger partial charge >= 0.3 is 0 Å². The smallest absolute Gasteiger partial charge is 0.133 e. The molecule has 6 aromatic carbocycles. The molecule has 0 fully saturated rings. The lowest BCUT2D eigenvalue weighted by molar-refractivity contribution is 0.409. The van der Waals surface area contributed by atoms with E-state index in [1.807, 2.05) is 6.07 Å². The summed E-state index contributed by atoms with van der Waals surface area (Å²) < 4.78 is 0. The maximum Gasteiger partial charge on any atom is 0.133 e. The number of aliphatic imine (C=N–C) groups is 1. The summed E-state index contributed by atoms with van der Waals surface area (Å²) in [4.78, 5) is 5.29. The van der Waals surface area contributed by atoms with Crippen molar-refractivity contribution in [3.05, 3.63) is 168 Å². The van der Waals surface area contributed by atoms with Gasteiger partial charge in [0.05, 0.1) is 0 Å². The fraction of sp³-hybridized carbons (Fsp3) is 0.0541. The Bertz CT molecular complexity index is 1780. The van der Waals surface area contributed by atoms with Crippen LogP contribution in [0.25, 0.3) is 33.0 Å². The van der Waals surface area contributed by atoms with Crippen molar-refractivity contribution >= 4 is 16.6 Å². The van der Waals surface area contributed by atoms with Crippen molar-refractivity contribution in [2.75, 3.05) is 0 Å². The summed E-state index contributed by atoms with van der Waals surface area (Å²) in [6, 6.07) is 53.4. The molecule has 1 aliphatic heterocycles. The number of hydrogen-bond acceptors (Lipinski definition) is 3. The molecular weight excluding hydrogens is 486 g/mol. The first-order valence-corrected chi connectivity index (χ1v) is 13.7. The average molecular weight is 516 g/mol. The number of benzene rings is 6. The van der Waals surface area contributed by atoms with Crippen LogP contribution in [0, 0.1) is 0 Å². The zero-order valence-electron chi connectivity index (χ0n) is 22.0. The summed E-state index contributed by atoms with van der Waals surface area (Å²) in [7, 11) is 0. The highest BCUT2D eigenvalue weighted by atomic mass is 15.3. The summed E-state index contributed by atoms with van der Waals surface area (Å²) in [6.45, 7) is 0. The maximum atomic E-state index is 5.29. The van der Waals surface area contributed by atoms with Gasteiger partial charge in [0.2, 0.25) is 0 Å². The van der Waals surface area contributed by atoms with Crippen molar-refractivity contribution in [3.8, 4) is 22.3 Å². The standard InChI is InChI=1S/C37H29N3/c1-4-12-26(13-5-1)27-20-22-31(23-21-27)36-38-35(30-17-8-3-9-18-30)39-37(40-36)34-32-19-11-10-16-29(32)24-25-33(34)28-14-6-2-7-15-28/h1-25,35-36,38H,(H,39,40). The zero-order valence-corrected chi connectivity index (χ0v) is 22.0. The molecule has 0 radical (unpaired) electrons. The third kappa shape index (κ3) is 4.68. The van der Waals surface area contributed by atoms with E-state index in [2.05, 4.69) is 156 Å². The van der Waals surface area contributed by atoms with E-state index in [0.29, 0.717) is 0 Å². The van der Waals surface area contributed by atoms with Crippen LogP contribution in [0.2, 0.25) is 0 Å². The van der Waals surface area contributed by atoms with E-state index >= 15 is 0 Å². The number of rotatable bonds is 5. The molecule has 0 spiro atoms. The molecular formula is C37H29N3. The van der Waals surface area contributed by atoms with Crippen molar-refractivity contribution in [1.29, 1.82) is 0 Å². The van der Waals surface area contributed by atoms with Gasteiger partial charge in [-0.2, -0.15) is 0 Å². The van der Waals surface area contributed by atoms with E-state index in [1.54, 1.807) is 0 Å². The lowest BCUT2D eigenvalue weighted by atomic mass is 9.92. The number of amidine groups is 1. The Balaban J connectivity index is 1.36. The third-order valence-electron chi connectivity index (χ3n) is 7.58. The van der Waals surface area contributed by atoms with Gasteiger partial charge in [0.15, 0.2) is 0 Å². The number of fused-ring (bicyclic) bond motifs is 1. The fourth-order valence-electron chi connectivity index (χ4n) is 5.55. The fourth-order valence-corrected chi connectivity index (χ4v) is 5.55. The third-order valence-corrected chi connectivity index (χ3v) is 7.58. The molecule has 192 valence electrons. The van der Waals surface area contributed by atoms with Gasteiger partial charge in [0, 0.05) is 5.56 Å². The van der Waals surface area contributed by atoms with Gasteiger partial charge in [-0.15, -0.1) is 0 Å². The molecule has 2 N–H and O–H groups in total. The van der Waals surface area contributed by atoms with E-state index in [1.165, 1.54) is 27.5 Å². The molecule has 40 heavy (non-hydrogen) atoms. The first kappa shape index (κ1) is 24.1. The molecule has 7 rings (SSSR count). The molecule has 0 saturated heterocycles. The van der Waals surface area contributed by atoms with Gasteiger partial charge < -0.3 is 5.32 Å². The highest BCUT2D eigenvalue weighted by Gasteiger charge is 2.27. The number of nitrogens with one attached hydrogen (secondary N) is 2. The highest BCUT2D eigenvalue weighted by Crippen LogP contribution is 2.34. The topological polar surface area (TPSA) is 36.4 Å². The molecule has 0 aromatic heterocycles. The lowest BCUT2D eigenvalue weighted by Gasteiger charge is -2.33. The lowest BCUT2D eigenvalue weighted by Crippen LogP contribution is -2.45. The largest absolute Gasteiger partial charge is 0.350 e. The Hall–Kier alpha value is -4.99. The molecule has 0 amide bonds. The molecule has 1 heterocycles. The van der Waals surface area contributed by atoms with Crippen molar-refractivity contribution in [1.82, 2.24) is 10.6 Å². The van der Waals surface area contributed by atoms with Crippen molar-refractivity contribution in [3.63, 3.8) is 0 Å². The summed E-state index contributed by atoms with van der Waals surface area (Å²) in [6.07, 6.45) is -0.316. The molecule has 1 aliphatic rings. The Kier molecular flexibility index (Phi) is 6.41. The van der Waals surface area contributed by atoms with Crippen LogP contribution in [0.15, 0.2) is 157 Å². The molecule has 0 aliphatic carbocycles. The van der Waals surface area contributed by atoms with Gasteiger partial charge in [-0.1, -0.05) is 152 Å². The Morgan fingerprint density at radius 2 is 1.07 bits per heavy atom. The van der Waals surface area contributed by atoms with E-state index in [-0.39, 0.29) is 12.3 Å². The van der Waals surface area contributed by atoms with Gasteiger partial charge in [0.1, 0.15) is 18.2 Å². The number of hydrogen-bond donors (Lipinski definition) is 2. The minimum Gasteiger partial charge on any atom is -0.350 e.